The van der Waals surface area contributed by atoms with E-state index < -0.39 is 0 Å². The van der Waals surface area contributed by atoms with E-state index in [2.05, 4.69) is 15.3 Å². The van der Waals surface area contributed by atoms with Gasteiger partial charge in [0.15, 0.2) is 0 Å². The van der Waals surface area contributed by atoms with Crippen LogP contribution in [0, 0.1) is 6.92 Å². The van der Waals surface area contributed by atoms with E-state index in [1.54, 1.807) is 12.4 Å². The Labute approximate surface area is 140 Å². The lowest BCUT2D eigenvalue weighted by molar-refractivity contribution is -0.121. The van der Waals surface area contributed by atoms with Gasteiger partial charge in [0.25, 0.3) is 0 Å². The van der Waals surface area contributed by atoms with E-state index in [9.17, 15) is 4.79 Å². The average Bonchev–Trinajstić information content (AvgIpc) is 2.97. The Morgan fingerprint density at radius 3 is 2.71 bits per heavy atom. The van der Waals surface area contributed by atoms with E-state index in [0.717, 1.165) is 11.1 Å². The van der Waals surface area contributed by atoms with Gasteiger partial charge < -0.3 is 9.73 Å². The fraction of sp³-hybridized carbons (Fsp3) is 0.211. The van der Waals surface area contributed by atoms with Crippen molar-refractivity contribution in [1.29, 1.82) is 0 Å². The van der Waals surface area contributed by atoms with Crippen LogP contribution in [0.3, 0.4) is 0 Å². The lowest BCUT2D eigenvalue weighted by Gasteiger charge is -2.13. The van der Waals surface area contributed by atoms with Crippen molar-refractivity contribution in [3.8, 4) is 11.5 Å². The molecule has 122 valence electrons. The first-order chi connectivity index (χ1) is 11.6. The van der Waals surface area contributed by atoms with Gasteiger partial charge in [-0.05, 0) is 37.6 Å². The maximum absolute atomic E-state index is 12.3. The minimum absolute atomic E-state index is 0.0950. The molecule has 1 atom stereocenters. The third kappa shape index (κ3) is 3.68. The predicted molar refractivity (Wildman–Crippen MR) is 91.2 cm³/mol. The van der Waals surface area contributed by atoms with E-state index in [0.29, 0.717) is 17.3 Å². The Hall–Kier alpha value is -2.95. The van der Waals surface area contributed by atoms with Crippen molar-refractivity contribution in [2.75, 3.05) is 0 Å². The number of aromatic nitrogens is 2. The van der Waals surface area contributed by atoms with Crippen molar-refractivity contribution < 1.29 is 9.21 Å². The van der Waals surface area contributed by atoms with Crippen LogP contribution >= 0.6 is 0 Å². The molecule has 1 unspecified atom stereocenters. The van der Waals surface area contributed by atoms with E-state index in [-0.39, 0.29) is 18.4 Å². The highest BCUT2D eigenvalue weighted by Crippen LogP contribution is 2.21. The van der Waals surface area contributed by atoms with Gasteiger partial charge in [0.1, 0.15) is 5.76 Å². The zero-order valence-corrected chi connectivity index (χ0v) is 13.7. The van der Waals surface area contributed by atoms with Gasteiger partial charge in [0.2, 0.25) is 11.8 Å². The zero-order valence-electron chi connectivity index (χ0n) is 13.7. The van der Waals surface area contributed by atoms with Crippen LogP contribution in [-0.4, -0.2) is 15.9 Å². The summed E-state index contributed by atoms with van der Waals surface area (Å²) in [4.78, 5) is 20.8. The molecule has 0 saturated carbocycles. The van der Waals surface area contributed by atoms with E-state index in [4.69, 9.17) is 4.42 Å². The van der Waals surface area contributed by atoms with Crippen LogP contribution in [0.4, 0.5) is 0 Å². The van der Waals surface area contributed by atoms with Crippen molar-refractivity contribution in [1.82, 2.24) is 15.3 Å². The zero-order chi connectivity index (χ0) is 16.9. The topological polar surface area (TPSA) is 68.0 Å². The molecule has 0 fully saturated rings. The molecule has 2 heterocycles. The quantitative estimate of drug-likeness (QED) is 0.781. The summed E-state index contributed by atoms with van der Waals surface area (Å²) in [5.41, 5.74) is 2.52. The second-order valence-corrected chi connectivity index (χ2v) is 5.64. The molecule has 3 aromatic rings. The molecule has 5 heteroatoms. The smallest absolute Gasteiger partial charge is 0.226 e. The van der Waals surface area contributed by atoms with Crippen molar-refractivity contribution in [2.45, 2.75) is 26.3 Å². The highest BCUT2D eigenvalue weighted by Gasteiger charge is 2.16. The summed E-state index contributed by atoms with van der Waals surface area (Å²) in [6.07, 6.45) is 3.65. The second-order valence-electron chi connectivity index (χ2n) is 5.64. The monoisotopic (exact) mass is 321 g/mol. The molecular weight excluding hydrogens is 302 g/mol. The molecule has 5 nitrogen and oxygen atoms in total. The van der Waals surface area contributed by atoms with Crippen molar-refractivity contribution in [2.24, 2.45) is 0 Å². The minimum atomic E-state index is -0.105. The van der Waals surface area contributed by atoms with Crippen LogP contribution in [0.1, 0.15) is 30.0 Å². The van der Waals surface area contributed by atoms with Crippen molar-refractivity contribution >= 4 is 5.91 Å². The standard InChI is InChI=1S/C19H19N3O2/c1-13(16-9-6-10-20-12-16)21-18(23)11-17-14(2)24-19(22-17)15-7-4-3-5-8-15/h3-10,12-13H,11H2,1-2H3,(H,21,23). The highest BCUT2D eigenvalue weighted by molar-refractivity contribution is 5.79. The number of hydrogen-bond donors (Lipinski definition) is 1. The molecule has 24 heavy (non-hydrogen) atoms. The van der Waals surface area contributed by atoms with Crippen LogP contribution in [0.5, 0.6) is 0 Å². The van der Waals surface area contributed by atoms with E-state index in [1.165, 1.54) is 0 Å². The van der Waals surface area contributed by atoms with Crippen molar-refractivity contribution in [3.63, 3.8) is 0 Å². The summed E-state index contributed by atoms with van der Waals surface area (Å²) in [6, 6.07) is 13.3. The molecule has 0 bridgehead atoms. The fourth-order valence-electron chi connectivity index (χ4n) is 2.46. The van der Waals surface area contributed by atoms with E-state index >= 15 is 0 Å². The number of carbonyl (C=O) groups excluding carboxylic acids is 1. The van der Waals surface area contributed by atoms with Crippen LogP contribution in [0.25, 0.3) is 11.5 Å². The number of nitrogens with one attached hydrogen (secondary N) is 1. The normalized spacial score (nSPS) is 11.9. The second kappa shape index (κ2) is 7.08. The van der Waals surface area contributed by atoms with Gasteiger partial charge >= 0.3 is 0 Å². The van der Waals surface area contributed by atoms with Crippen molar-refractivity contribution in [3.05, 3.63) is 71.9 Å². The van der Waals surface area contributed by atoms with Gasteiger partial charge in [-0.2, -0.15) is 0 Å². The summed E-state index contributed by atoms with van der Waals surface area (Å²) in [6.45, 7) is 3.76. The summed E-state index contributed by atoms with van der Waals surface area (Å²) < 4.78 is 5.69. The first kappa shape index (κ1) is 15.9. The first-order valence-electron chi connectivity index (χ1n) is 7.84. The molecule has 0 aliphatic carbocycles. The fourth-order valence-corrected chi connectivity index (χ4v) is 2.46. The lowest BCUT2D eigenvalue weighted by Crippen LogP contribution is -2.28. The first-order valence-corrected chi connectivity index (χ1v) is 7.84. The molecule has 1 aromatic carbocycles. The highest BCUT2D eigenvalue weighted by atomic mass is 16.4. The van der Waals surface area contributed by atoms with E-state index in [1.807, 2.05) is 56.3 Å². The third-order valence-electron chi connectivity index (χ3n) is 3.80. The Kier molecular flexibility index (Phi) is 4.70. The molecule has 2 aromatic heterocycles. The Balaban J connectivity index is 1.68. The number of hydrogen-bond acceptors (Lipinski definition) is 4. The number of nitrogens with zero attached hydrogens (tertiary/aromatic N) is 2. The van der Waals surface area contributed by atoms with Gasteiger partial charge in [-0.1, -0.05) is 24.3 Å². The molecular formula is C19H19N3O2. The molecule has 0 aliphatic heterocycles. The summed E-state index contributed by atoms with van der Waals surface area (Å²) in [7, 11) is 0. The van der Waals surface area contributed by atoms with Crippen LogP contribution in [0.2, 0.25) is 0 Å². The number of amides is 1. The number of oxazole rings is 1. The van der Waals surface area contributed by atoms with Crippen LogP contribution in [-0.2, 0) is 11.2 Å². The van der Waals surface area contributed by atoms with Crippen LogP contribution < -0.4 is 5.32 Å². The Morgan fingerprint density at radius 1 is 1.21 bits per heavy atom. The van der Waals surface area contributed by atoms with Gasteiger partial charge in [0.05, 0.1) is 18.2 Å². The molecule has 1 amide bonds. The molecule has 0 aliphatic rings. The van der Waals surface area contributed by atoms with Gasteiger partial charge in [0, 0.05) is 18.0 Å². The maximum Gasteiger partial charge on any atom is 0.226 e. The molecule has 0 spiro atoms. The SMILES string of the molecule is Cc1oc(-c2ccccc2)nc1CC(=O)NC(C)c1cccnc1. The summed E-state index contributed by atoms with van der Waals surface area (Å²) in [5, 5.41) is 2.96. The maximum atomic E-state index is 12.3. The Morgan fingerprint density at radius 2 is 2.00 bits per heavy atom. The average molecular weight is 321 g/mol. The van der Waals surface area contributed by atoms with Gasteiger partial charge in [-0.3, -0.25) is 9.78 Å². The third-order valence-corrected chi connectivity index (χ3v) is 3.80. The number of pyridine rings is 1. The Bertz CT molecular complexity index is 813. The predicted octanol–water partition coefficient (Wildman–Crippen LogP) is 3.46. The summed E-state index contributed by atoms with van der Waals surface area (Å²) >= 11 is 0. The number of benzene rings is 1. The molecule has 0 saturated heterocycles. The molecule has 3 rings (SSSR count). The summed E-state index contributed by atoms with van der Waals surface area (Å²) in [5.74, 6) is 1.11. The number of aryl methyl sites for hydroxylation is 1. The van der Waals surface area contributed by atoms with Crippen LogP contribution in [0.15, 0.2) is 59.3 Å². The largest absolute Gasteiger partial charge is 0.441 e. The lowest BCUT2D eigenvalue weighted by atomic mass is 10.1. The molecule has 0 radical (unpaired) electrons. The minimum Gasteiger partial charge on any atom is -0.441 e. The van der Waals surface area contributed by atoms with Gasteiger partial charge in [-0.25, -0.2) is 4.98 Å². The van der Waals surface area contributed by atoms with Gasteiger partial charge in [-0.15, -0.1) is 0 Å². The number of rotatable bonds is 5. The molecule has 1 N–H and O–H groups in total. The number of carbonyl (C=O) groups is 1.